The molecule has 1 aliphatic carbocycles. The molecule has 0 bridgehead atoms. The van der Waals surface area contributed by atoms with Gasteiger partial charge in [-0.2, -0.15) is 0 Å². The summed E-state index contributed by atoms with van der Waals surface area (Å²) in [6, 6.07) is 0. The fourth-order valence-electron chi connectivity index (χ4n) is 1.77. The predicted molar refractivity (Wildman–Crippen MR) is 53.8 cm³/mol. The van der Waals surface area contributed by atoms with Crippen LogP contribution < -0.4 is 0 Å². The van der Waals surface area contributed by atoms with E-state index in [0.29, 0.717) is 12.3 Å². The zero-order chi connectivity index (χ0) is 9.52. The monoisotopic (exact) mass is 176 g/mol. The van der Waals surface area contributed by atoms with Crippen LogP contribution in [0.5, 0.6) is 0 Å². The summed E-state index contributed by atoms with van der Waals surface area (Å²) in [5.41, 5.74) is 0. The van der Waals surface area contributed by atoms with Gasteiger partial charge in [0.1, 0.15) is 6.10 Å². The molecule has 0 radical (unpaired) electrons. The zero-order valence-corrected chi connectivity index (χ0v) is 7.92. The van der Waals surface area contributed by atoms with Gasteiger partial charge in [0.15, 0.2) is 0 Å². The van der Waals surface area contributed by atoms with Crippen LogP contribution in [-0.2, 0) is 0 Å². The summed E-state index contributed by atoms with van der Waals surface area (Å²) in [7, 11) is 0. The van der Waals surface area contributed by atoms with E-state index in [2.05, 4.69) is 17.8 Å². The molecule has 0 spiro atoms. The Kier molecular flexibility index (Phi) is 4.44. The van der Waals surface area contributed by atoms with Gasteiger partial charge < -0.3 is 5.11 Å². The second kappa shape index (κ2) is 5.68. The van der Waals surface area contributed by atoms with Gasteiger partial charge in [0.2, 0.25) is 0 Å². The molecule has 0 aromatic rings. The van der Waals surface area contributed by atoms with E-state index >= 15 is 0 Å². The summed E-state index contributed by atoms with van der Waals surface area (Å²) in [6.45, 7) is 0. The smallest absolute Gasteiger partial charge is 0.117 e. The molecule has 13 heavy (non-hydrogen) atoms. The standard InChI is InChI=1S/C12H16O/c1-2-3-5-10-12(13)11-8-6-4-7-9-11/h1,11-13H,3-4,6-9H2. The van der Waals surface area contributed by atoms with E-state index in [9.17, 15) is 5.11 Å². The van der Waals surface area contributed by atoms with Gasteiger partial charge in [-0.3, -0.25) is 0 Å². The highest BCUT2D eigenvalue weighted by Crippen LogP contribution is 2.25. The minimum absolute atomic E-state index is 0.388. The lowest BCUT2D eigenvalue weighted by molar-refractivity contribution is 0.133. The average molecular weight is 176 g/mol. The third-order valence-corrected chi connectivity index (χ3v) is 2.54. The van der Waals surface area contributed by atoms with Gasteiger partial charge in [0.05, 0.1) is 6.42 Å². The Bertz CT molecular complexity index is 232. The summed E-state index contributed by atoms with van der Waals surface area (Å²) < 4.78 is 0. The largest absolute Gasteiger partial charge is 0.380 e. The van der Waals surface area contributed by atoms with Crippen molar-refractivity contribution in [3.63, 3.8) is 0 Å². The van der Waals surface area contributed by atoms with E-state index in [1.165, 1.54) is 19.3 Å². The van der Waals surface area contributed by atoms with Crippen LogP contribution in [-0.4, -0.2) is 11.2 Å². The van der Waals surface area contributed by atoms with Crippen molar-refractivity contribution in [3.8, 4) is 24.2 Å². The van der Waals surface area contributed by atoms with Gasteiger partial charge in [-0.25, -0.2) is 0 Å². The van der Waals surface area contributed by atoms with E-state index < -0.39 is 6.10 Å². The number of aliphatic hydroxyl groups is 1. The van der Waals surface area contributed by atoms with Crippen LogP contribution in [0.4, 0.5) is 0 Å². The first kappa shape index (κ1) is 10.2. The van der Waals surface area contributed by atoms with Crippen molar-refractivity contribution in [2.45, 2.75) is 44.6 Å². The molecule has 1 saturated carbocycles. The van der Waals surface area contributed by atoms with E-state index in [1.54, 1.807) is 0 Å². The number of rotatable bonds is 1. The summed E-state index contributed by atoms with van der Waals surface area (Å²) in [5, 5.41) is 9.66. The van der Waals surface area contributed by atoms with Crippen molar-refractivity contribution >= 4 is 0 Å². The number of hydrogen-bond acceptors (Lipinski definition) is 1. The maximum absolute atomic E-state index is 9.66. The molecule has 0 aromatic heterocycles. The van der Waals surface area contributed by atoms with Crippen molar-refractivity contribution in [1.82, 2.24) is 0 Å². The Morgan fingerprint density at radius 3 is 2.62 bits per heavy atom. The zero-order valence-electron chi connectivity index (χ0n) is 7.92. The first-order chi connectivity index (χ1) is 6.34. The minimum Gasteiger partial charge on any atom is -0.380 e. The Morgan fingerprint density at radius 2 is 2.00 bits per heavy atom. The second-order valence-electron chi connectivity index (χ2n) is 3.54. The quantitative estimate of drug-likeness (QED) is 0.605. The average Bonchev–Trinajstić information content (AvgIpc) is 2.19. The van der Waals surface area contributed by atoms with E-state index in [4.69, 9.17) is 6.42 Å². The third kappa shape index (κ3) is 3.53. The molecule has 0 amide bonds. The fraction of sp³-hybridized carbons (Fsp3) is 0.667. The molecule has 0 aliphatic heterocycles. The molecule has 1 atom stereocenters. The van der Waals surface area contributed by atoms with Crippen molar-refractivity contribution in [2.24, 2.45) is 5.92 Å². The van der Waals surface area contributed by atoms with Crippen molar-refractivity contribution < 1.29 is 5.11 Å². The van der Waals surface area contributed by atoms with Crippen LogP contribution in [0.15, 0.2) is 0 Å². The molecule has 1 N–H and O–H groups in total. The molecule has 1 fully saturated rings. The second-order valence-corrected chi connectivity index (χ2v) is 3.54. The lowest BCUT2D eigenvalue weighted by Crippen LogP contribution is -2.21. The molecule has 0 aromatic carbocycles. The highest BCUT2D eigenvalue weighted by Gasteiger charge is 2.19. The molecule has 0 saturated heterocycles. The number of hydrogen-bond donors (Lipinski definition) is 1. The van der Waals surface area contributed by atoms with Crippen molar-refractivity contribution in [2.75, 3.05) is 0 Å². The lowest BCUT2D eigenvalue weighted by atomic mass is 9.85. The van der Waals surface area contributed by atoms with Crippen LogP contribution in [0, 0.1) is 30.1 Å². The SMILES string of the molecule is C#CCC#CC(O)C1CCCCC1. The Morgan fingerprint density at radius 1 is 1.31 bits per heavy atom. The topological polar surface area (TPSA) is 20.2 Å². The molecule has 1 heteroatoms. The lowest BCUT2D eigenvalue weighted by Gasteiger charge is -2.23. The fourth-order valence-corrected chi connectivity index (χ4v) is 1.77. The molecule has 0 heterocycles. The maximum Gasteiger partial charge on any atom is 0.117 e. The molecule has 1 rings (SSSR count). The van der Waals surface area contributed by atoms with Crippen LogP contribution in [0.1, 0.15) is 38.5 Å². The van der Waals surface area contributed by atoms with Gasteiger partial charge in [-0.1, -0.05) is 37.0 Å². The molecule has 1 unspecified atom stereocenters. The first-order valence-corrected chi connectivity index (χ1v) is 4.94. The normalized spacial score (nSPS) is 19.7. The number of terminal acetylenes is 1. The number of aliphatic hydroxyl groups excluding tert-OH is 1. The van der Waals surface area contributed by atoms with Crippen LogP contribution in [0.3, 0.4) is 0 Å². The highest BCUT2D eigenvalue weighted by atomic mass is 16.3. The summed E-state index contributed by atoms with van der Waals surface area (Å²) in [4.78, 5) is 0. The van der Waals surface area contributed by atoms with E-state index in [1.807, 2.05) is 0 Å². The van der Waals surface area contributed by atoms with Gasteiger partial charge in [-0.05, 0) is 18.8 Å². The molecule has 1 aliphatic rings. The van der Waals surface area contributed by atoms with Crippen molar-refractivity contribution in [1.29, 1.82) is 0 Å². The van der Waals surface area contributed by atoms with Crippen LogP contribution >= 0.6 is 0 Å². The highest BCUT2D eigenvalue weighted by molar-refractivity contribution is 5.11. The van der Waals surface area contributed by atoms with Gasteiger partial charge in [-0.15, -0.1) is 6.42 Å². The Labute approximate surface area is 80.5 Å². The van der Waals surface area contributed by atoms with Gasteiger partial charge in [0.25, 0.3) is 0 Å². The third-order valence-electron chi connectivity index (χ3n) is 2.54. The maximum atomic E-state index is 9.66. The minimum atomic E-state index is -0.450. The van der Waals surface area contributed by atoms with E-state index in [0.717, 1.165) is 12.8 Å². The Balaban J connectivity index is 2.34. The first-order valence-electron chi connectivity index (χ1n) is 4.94. The summed E-state index contributed by atoms with van der Waals surface area (Å²) >= 11 is 0. The molecule has 70 valence electrons. The summed E-state index contributed by atoms with van der Waals surface area (Å²) in [5.74, 6) is 8.44. The molecular formula is C12H16O. The van der Waals surface area contributed by atoms with Crippen molar-refractivity contribution in [3.05, 3.63) is 0 Å². The van der Waals surface area contributed by atoms with Crippen LogP contribution in [0.25, 0.3) is 0 Å². The van der Waals surface area contributed by atoms with Gasteiger partial charge in [0, 0.05) is 0 Å². The summed E-state index contributed by atoms with van der Waals surface area (Å²) in [6.07, 6.45) is 11.1. The van der Waals surface area contributed by atoms with Gasteiger partial charge >= 0.3 is 0 Å². The predicted octanol–water partition coefficient (Wildman–Crippen LogP) is 1.95. The van der Waals surface area contributed by atoms with E-state index in [-0.39, 0.29) is 0 Å². The Hall–Kier alpha value is -0.920. The molecule has 1 nitrogen and oxygen atoms in total. The molecular weight excluding hydrogens is 160 g/mol. The van der Waals surface area contributed by atoms with Crippen LogP contribution in [0.2, 0.25) is 0 Å².